The third-order valence-electron chi connectivity index (χ3n) is 2.54. The molecule has 0 aromatic carbocycles. The van der Waals surface area contributed by atoms with E-state index in [1.807, 2.05) is 6.07 Å². The molecule has 0 saturated carbocycles. The van der Waals surface area contributed by atoms with Crippen LogP contribution in [-0.2, 0) is 17.9 Å². The highest BCUT2D eigenvalue weighted by atomic mass is 35.5. The first-order chi connectivity index (χ1) is 9.06. The second-order valence-electron chi connectivity index (χ2n) is 3.99. The number of hydrogen-bond acceptors (Lipinski definition) is 4. The van der Waals surface area contributed by atoms with E-state index in [9.17, 15) is 9.59 Å². The minimum Gasteiger partial charge on any atom is -0.339 e. The van der Waals surface area contributed by atoms with Crippen LogP contribution in [0.1, 0.15) is 4.88 Å². The van der Waals surface area contributed by atoms with Gasteiger partial charge in [0.2, 0.25) is 5.91 Å². The van der Waals surface area contributed by atoms with Crippen molar-refractivity contribution in [3.63, 3.8) is 0 Å². The number of hydrogen-bond donors (Lipinski definition) is 0. The van der Waals surface area contributed by atoms with Gasteiger partial charge in [0.05, 0.1) is 10.9 Å². The van der Waals surface area contributed by atoms with Gasteiger partial charge in [-0.2, -0.15) is 0 Å². The zero-order valence-electron chi connectivity index (χ0n) is 10.2. The Labute approximate surface area is 119 Å². The Hall–Kier alpha value is -1.66. The summed E-state index contributed by atoms with van der Waals surface area (Å²) >= 11 is 7.27. The lowest BCUT2D eigenvalue weighted by Crippen LogP contribution is -2.33. The minimum atomic E-state index is -0.427. The summed E-state index contributed by atoms with van der Waals surface area (Å²) < 4.78 is 1.97. The average molecular weight is 298 g/mol. The van der Waals surface area contributed by atoms with Gasteiger partial charge in [-0.1, -0.05) is 11.6 Å². The SMILES string of the molecule is CN(Cc1ccc(Cl)s1)C(=O)Cn1cccnc1=O. The maximum atomic E-state index is 12.0. The number of thiophene rings is 1. The summed E-state index contributed by atoms with van der Waals surface area (Å²) in [6.45, 7) is 0.466. The normalized spacial score (nSPS) is 10.4. The fraction of sp³-hybridized carbons (Fsp3) is 0.250. The van der Waals surface area contributed by atoms with Crippen LogP contribution in [0.15, 0.2) is 35.4 Å². The number of halogens is 1. The summed E-state index contributed by atoms with van der Waals surface area (Å²) in [5.41, 5.74) is -0.427. The van der Waals surface area contributed by atoms with Crippen LogP contribution in [-0.4, -0.2) is 27.4 Å². The maximum absolute atomic E-state index is 12.0. The molecule has 0 bridgehead atoms. The molecule has 5 nitrogen and oxygen atoms in total. The van der Waals surface area contributed by atoms with Crippen LogP contribution in [0.3, 0.4) is 0 Å². The van der Waals surface area contributed by atoms with E-state index in [2.05, 4.69) is 4.98 Å². The van der Waals surface area contributed by atoms with E-state index >= 15 is 0 Å². The van der Waals surface area contributed by atoms with Crippen molar-refractivity contribution in [2.45, 2.75) is 13.1 Å². The Bertz CT molecular complexity index is 638. The van der Waals surface area contributed by atoms with Gasteiger partial charge >= 0.3 is 5.69 Å². The van der Waals surface area contributed by atoms with E-state index < -0.39 is 5.69 Å². The molecule has 0 aliphatic rings. The van der Waals surface area contributed by atoms with Crippen molar-refractivity contribution in [1.82, 2.24) is 14.5 Å². The van der Waals surface area contributed by atoms with Crippen molar-refractivity contribution >= 4 is 28.8 Å². The van der Waals surface area contributed by atoms with Gasteiger partial charge < -0.3 is 4.90 Å². The first kappa shape index (κ1) is 13.8. The first-order valence-electron chi connectivity index (χ1n) is 5.56. The lowest BCUT2D eigenvalue weighted by molar-refractivity contribution is -0.131. The van der Waals surface area contributed by atoms with Gasteiger partial charge in [0, 0.05) is 24.3 Å². The molecule has 0 fully saturated rings. The largest absolute Gasteiger partial charge is 0.347 e. The van der Waals surface area contributed by atoms with E-state index in [0.717, 1.165) is 4.88 Å². The van der Waals surface area contributed by atoms with E-state index in [-0.39, 0.29) is 12.5 Å². The number of carbonyl (C=O) groups excluding carboxylic acids is 1. The Morgan fingerprint density at radius 1 is 1.53 bits per heavy atom. The van der Waals surface area contributed by atoms with Gasteiger partial charge in [-0.05, 0) is 18.2 Å². The average Bonchev–Trinajstić information content (AvgIpc) is 2.77. The molecule has 2 aromatic rings. The van der Waals surface area contributed by atoms with Crippen molar-refractivity contribution in [2.75, 3.05) is 7.05 Å². The van der Waals surface area contributed by atoms with Crippen LogP contribution in [0.4, 0.5) is 0 Å². The molecular formula is C12H12ClN3O2S. The van der Waals surface area contributed by atoms with E-state index in [4.69, 9.17) is 11.6 Å². The summed E-state index contributed by atoms with van der Waals surface area (Å²) in [5.74, 6) is -0.153. The van der Waals surface area contributed by atoms with Crippen molar-refractivity contribution in [3.8, 4) is 0 Å². The topological polar surface area (TPSA) is 55.2 Å². The smallest absolute Gasteiger partial charge is 0.339 e. The molecule has 0 spiro atoms. The van der Waals surface area contributed by atoms with Crippen LogP contribution in [0, 0.1) is 0 Å². The highest BCUT2D eigenvalue weighted by molar-refractivity contribution is 7.16. The highest BCUT2D eigenvalue weighted by Gasteiger charge is 2.11. The number of rotatable bonds is 4. The molecule has 0 unspecified atom stereocenters. The molecule has 0 aliphatic carbocycles. The van der Waals surface area contributed by atoms with Gasteiger partial charge in [-0.3, -0.25) is 9.36 Å². The number of amides is 1. The van der Waals surface area contributed by atoms with E-state index in [1.165, 1.54) is 22.1 Å². The molecule has 1 amide bonds. The first-order valence-corrected chi connectivity index (χ1v) is 6.75. The Morgan fingerprint density at radius 2 is 2.32 bits per heavy atom. The molecule has 2 heterocycles. The molecule has 0 radical (unpaired) electrons. The maximum Gasteiger partial charge on any atom is 0.347 e. The van der Waals surface area contributed by atoms with Crippen molar-refractivity contribution in [2.24, 2.45) is 0 Å². The van der Waals surface area contributed by atoms with Gasteiger partial charge in [0.15, 0.2) is 0 Å². The molecule has 0 atom stereocenters. The number of nitrogens with zero attached hydrogens (tertiary/aromatic N) is 3. The highest BCUT2D eigenvalue weighted by Crippen LogP contribution is 2.22. The van der Waals surface area contributed by atoms with Crippen LogP contribution in [0.5, 0.6) is 0 Å². The lowest BCUT2D eigenvalue weighted by atomic mass is 10.4. The predicted octanol–water partition coefficient (Wildman–Crippen LogP) is 1.62. The van der Waals surface area contributed by atoms with Crippen LogP contribution < -0.4 is 5.69 Å². The second-order valence-corrected chi connectivity index (χ2v) is 5.79. The van der Waals surface area contributed by atoms with Crippen molar-refractivity contribution in [1.29, 1.82) is 0 Å². The fourth-order valence-electron chi connectivity index (χ4n) is 1.53. The zero-order chi connectivity index (χ0) is 13.8. The summed E-state index contributed by atoms with van der Waals surface area (Å²) in [6.07, 6.45) is 2.95. The minimum absolute atomic E-state index is 0.0116. The summed E-state index contributed by atoms with van der Waals surface area (Å²) in [7, 11) is 1.69. The summed E-state index contributed by atoms with van der Waals surface area (Å²) in [6, 6.07) is 5.30. The Morgan fingerprint density at radius 3 is 2.95 bits per heavy atom. The van der Waals surface area contributed by atoms with Crippen LogP contribution >= 0.6 is 22.9 Å². The third-order valence-corrected chi connectivity index (χ3v) is 3.75. The van der Waals surface area contributed by atoms with E-state index in [0.29, 0.717) is 10.9 Å². The van der Waals surface area contributed by atoms with E-state index in [1.54, 1.807) is 30.3 Å². The standard InChI is InChI=1S/C12H12ClN3O2S/c1-15(7-9-3-4-10(13)19-9)11(17)8-16-6-2-5-14-12(16)18/h2-6H,7-8H2,1H3. The van der Waals surface area contributed by atoms with Gasteiger partial charge in [0.1, 0.15) is 6.54 Å². The molecule has 2 rings (SSSR count). The number of carbonyl (C=O) groups is 1. The van der Waals surface area contributed by atoms with Crippen molar-refractivity contribution < 1.29 is 4.79 Å². The van der Waals surface area contributed by atoms with Gasteiger partial charge in [-0.15, -0.1) is 11.3 Å². The molecule has 0 N–H and O–H groups in total. The quantitative estimate of drug-likeness (QED) is 0.861. The van der Waals surface area contributed by atoms with Crippen LogP contribution in [0.2, 0.25) is 4.34 Å². The molecule has 100 valence electrons. The second kappa shape index (κ2) is 5.99. The molecule has 19 heavy (non-hydrogen) atoms. The molecule has 7 heteroatoms. The third kappa shape index (κ3) is 3.65. The summed E-state index contributed by atoms with van der Waals surface area (Å²) in [4.78, 5) is 29.5. The number of likely N-dealkylation sites (N-methyl/N-ethyl adjacent to an activating group) is 1. The molecular weight excluding hydrogens is 286 g/mol. The number of aromatic nitrogens is 2. The predicted molar refractivity (Wildman–Crippen MR) is 74.3 cm³/mol. The lowest BCUT2D eigenvalue weighted by Gasteiger charge is -2.16. The molecule has 0 aliphatic heterocycles. The van der Waals surface area contributed by atoms with Gasteiger partial charge in [-0.25, -0.2) is 9.78 Å². The molecule has 0 saturated heterocycles. The molecule has 2 aromatic heterocycles. The fourth-order valence-corrected chi connectivity index (χ4v) is 2.67. The van der Waals surface area contributed by atoms with Crippen molar-refractivity contribution in [3.05, 3.63) is 50.3 Å². The summed E-state index contributed by atoms with van der Waals surface area (Å²) in [5, 5.41) is 0. The zero-order valence-corrected chi connectivity index (χ0v) is 11.8. The Kier molecular flexibility index (Phi) is 4.34. The monoisotopic (exact) mass is 297 g/mol. The van der Waals surface area contributed by atoms with Gasteiger partial charge in [0.25, 0.3) is 0 Å². The van der Waals surface area contributed by atoms with Crippen LogP contribution in [0.25, 0.3) is 0 Å². The Balaban J connectivity index is 2.00.